The molecule has 0 aliphatic carbocycles. The van der Waals surface area contributed by atoms with Gasteiger partial charge in [0.05, 0.1) is 16.7 Å². The third kappa shape index (κ3) is 3.66. The van der Waals surface area contributed by atoms with E-state index in [0.29, 0.717) is 0 Å². The van der Waals surface area contributed by atoms with Gasteiger partial charge in [-0.15, -0.1) is 13.2 Å². The summed E-state index contributed by atoms with van der Waals surface area (Å²) >= 11 is 4.45. The summed E-state index contributed by atoms with van der Waals surface area (Å²) in [5.41, 5.74) is -0.698. The molecule has 1 heterocycles. The fourth-order valence-electron chi connectivity index (χ4n) is 1.02. The standard InChI is InChI=1S/C7H3BrF3IN2O3/c8-1-3-4(17-7(9,10)11)2-13-6(12)5(3)14(15)16/h2H,1H2. The summed E-state index contributed by atoms with van der Waals surface area (Å²) in [5.74, 6) is -0.679. The lowest BCUT2D eigenvalue weighted by Crippen LogP contribution is -2.18. The lowest BCUT2D eigenvalue weighted by molar-refractivity contribution is -0.387. The Hall–Kier alpha value is -0.650. The quantitative estimate of drug-likeness (QED) is 0.244. The monoisotopic (exact) mass is 426 g/mol. The Morgan fingerprint density at radius 3 is 2.59 bits per heavy atom. The van der Waals surface area contributed by atoms with Crippen LogP contribution in [-0.4, -0.2) is 16.3 Å². The molecule has 0 aliphatic heterocycles. The van der Waals surface area contributed by atoms with Gasteiger partial charge in [-0.3, -0.25) is 10.1 Å². The summed E-state index contributed by atoms with van der Waals surface area (Å²) < 4.78 is 39.8. The van der Waals surface area contributed by atoms with Crippen LogP contribution in [0.3, 0.4) is 0 Å². The van der Waals surface area contributed by atoms with E-state index in [1.54, 1.807) is 22.6 Å². The number of pyridine rings is 1. The van der Waals surface area contributed by atoms with Crippen LogP contribution >= 0.6 is 38.5 Å². The highest BCUT2D eigenvalue weighted by molar-refractivity contribution is 14.1. The van der Waals surface area contributed by atoms with Crippen molar-refractivity contribution in [2.75, 3.05) is 0 Å². The Bertz CT molecular complexity index is 455. The lowest BCUT2D eigenvalue weighted by Gasteiger charge is -2.12. The Kier molecular flexibility index (Phi) is 4.52. The highest BCUT2D eigenvalue weighted by atomic mass is 127. The van der Waals surface area contributed by atoms with Crippen molar-refractivity contribution in [3.05, 3.63) is 25.6 Å². The molecule has 0 aromatic carbocycles. The molecule has 1 rings (SSSR count). The van der Waals surface area contributed by atoms with Gasteiger partial charge in [-0.05, 0) is 22.6 Å². The van der Waals surface area contributed by atoms with E-state index in [2.05, 4.69) is 25.7 Å². The first-order valence-electron chi connectivity index (χ1n) is 3.89. The van der Waals surface area contributed by atoms with Crippen molar-refractivity contribution in [2.45, 2.75) is 11.7 Å². The van der Waals surface area contributed by atoms with Gasteiger partial charge < -0.3 is 4.74 Å². The first kappa shape index (κ1) is 14.4. The van der Waals surface area contributed by atoms with Crippen molar-refractivity contribution in [2.24, 2.45) is 0 Å². The van der Waals surface area contributed by atoms with Crippen LogP contribution in [0, 0.1) is 13.8 Å². The molecule has 17 heavy (non-hydrogen) atoms. The van der Waals surface area contributed by atoms with Crippen LogP contribution in [-0.2, 0) is 5.33 Å². The maximum atomic E-state index is 12.1. The number of rotatable bonds is 3. The molecule has 1 aromatic rings. The second-order valence-corrected chi connectivity index (χ2v) is 4.26. The van der Waals surface area contributed by atoms with E-state index < -0.39 is 22.7 Å². The number of halogens is 5. The van der Waals surface area contributed by atoms with Crippen molar-refractivity contribution in [1.29, 1.82) is 0 Å². The van der Waals surface area contributed by atoms with Crippen LogP contribution in [0.25, 0.3) is 0 Å². The molecule has 94 valence electrons. The Morgan fingerprint density at radius 2 is 2.18 bits per heavy atom. The van der Waals surface area contributed by atoms with Crippen molar-refractivity contribution >= 4 is 44.2 Å². The number of aromatic nitrogens is 1. The predicted molar refractivity (Wildman–Crippen MR) is 62.9 cm³/mol. The number of ether oxygens (including phenoxy) is 1. The van der Waals surface area contributed by atoms with Crippen molar-refractivity contribution in [3.63, 3.8) is 0 Å². The Morgan fingerprint density at radius 1 is 1.59 bits per heavy atom. The zero-order valence-corrected chi connectivity index (χ0v) is 11.5. The van der Waals surface area contributed by atoms with Crippen molar-refractivity contribution in [1.82, 2.24) is 4.98 Å². The van der Waals surface area contributed by atoms with E-state index in [1.165, 1.54) is 0 Å². The molecule has 0 amide bonds. The van der Waals surface area contributed by atoms with E-state index in [4.69, 9.17) is 0 Å². The molecular weight excluding hydrogens is 424 g/mol. The molecule has 0 saturated heterocycles. The summed E-state index contributed by atoms with van der Waals surface area (Å²) in [6.45, 7) is 0. The molecule has 10 heteroatoms. The second-order valence-electron chi connectivity index (χ2n) is 2.68. The largest absolute Gasteiger partial charge is 0.573 e. The fourth-order valence-corrected chi connectivity index (χ4v) is 2.23. The summed E-state index contributed by atoms with van der Waals surface area (Å²) in [5, 5.41) is 10.6. The van der Waals surface area contributed by atoms with E-state index in [-0.39, 0.29) is 14.6 Å². The minimum absolute atomic E-state index is 0.00317. The minimum Gasteiger partial charge on any atom is -0.404 e. The fraction of sp³-hybridized carbons (Fsp3) is 0.286. The zero-order valence-electron chi connectivity index (χ0n) is 7.79. The van der Waals surface area contributed by atoms with Gasteiger partial charge in [0.25, 0.3) is 0 Å². The minimum atomic E-state index is -4.92. The molecule has 0 aliphatic rings. The van der Waals surface area contributed by atoms with Gasteiger partial charge >= 0.3 is 12.0 Å². The number of nitro groups is 1. The molecule has 1 aromatic heterocycles. The highest BCUT2D eigenvalue weighted by Crippen LogP contribution is 2.35. The number of nitrogens with zero attached hydrogens (tertiary/aromatic N) is 2. The summed E-state index contributed by atoms with van der Waals surface area (Å²) in [4.78, 5) is 13.4. The molecule has 0 saturated carbocycles. The molecule has 0 bridgehead atoms. The van der Waals surface area contributed by atoms with Gasteiger partial charge in [-0.25, -0.2) is 4.98 Å². The Labute approximate surface area is 115 Å². The molecule has 0 atom stereocenters. The van der Waals surface area contributed by atoms with Crippen LogP contribution < -0.4 is 4.74 Å². The number of alkyl halides is 4. The summed E-state index contributed by atoms with van der Waals surface area (Å²) in [7, 11) is 0. The summed E-state index contributed by atoms with van der Waals surface area (Å²) in [6, 6.07) is 0. The van der Waals surface area contributed by atoms with E-state index in [9.17, 15) is 23.3 Å². The van der Waals surface area contributed by atoms with Crippen LogP contribution in [0.1, 0.15) is 5.56 Å². The number of hydrogen-bond acceptors (Lipinski definition) is 4. The topological polar surface area (TPSA) is 65.3 Å². The zero-order chi connectivity index (χ0) is 13.2. The lowest BCUT2D eigenvalue weighted by atomic mass is 10.2. The SMILES string of the molecule is O=[N+]([O-])c1c(I)ncc(OC(F)(F)F)c1CBr. The molecule has 0 fully saturated rings. The van der Waals surface area contributed by atoms with Crippen LogP contribution in [0.4, 0.5) is 18.9 Å². The van der Waals surface area contributed by atoms with Crippen molar-refractivity contribution in [3.8, 4) is 5.75 Å². The smallest absolute Gasteiger partial charge is 0.404 e. The van der Waals surface area contributed by atoms with Gasteiger partial charge in [-0.2, -0.15) is 0 Å². The molecule has 0 unspecified atom stereocenters. The van der Waals surface area contributed by atoms with E-state index >= 15 is 0 Å². The number of hydrogen-bond donors (Lipinski definition) is 0. The van der Waals surface area contributed by atoms with E-state index in [0.717, 1.165) is 6.20 Å². The maximum Gasteiger partial charge on any atom is 0.573 e. The van der Waals surface area contributed by atoms with Crippen LogP contribution in [0.5, 0.6) is 5.75 Å². The van der Waals surface area contributed by atoms with Gasteiger partial charge in [0, 0.05) is 5.33 Å². The van der Waals surface area contributed by atoms with Gasteiger partial charge in [0.15, 0.2) is 9.45 Å². The van der Waals surface area contributed by atoms with Crippen molar-refractivity contribution < 1.29 is 22.8 Å². The van der Waals surface area contributed by atoms with Crippen LogP contribution in [0.15, 0.2) is 6.20 Å². The molecule has 5 nitrogen and oxygen atoms in total. The predicted octanol–water partition coefficient (Wildman–Crippen LogP) is 3.39. The van der Waals surface area contributed by atoms with E-state index in [1.807, 2.05) is 0 Å². The molecule has 0 spiro atoms. The van der Waals surface area contributed by atoms with Crippen LogP contribution in [0.2, 0.25) is 0 Å². The molecule has 0 N–H and O–H groups in total. The van der Waals surface area contributed by atoms with Gasteiger partial charge in [-0.1, -0.05) is 15.9 Å². The average Bonchev–Trinajstić information content (AvgIpc) is 2.17. The second kappa shape index (κ2) is 5.33. The van der Waals surface area contributed by atoms with Gasteiger partial charge in [0.1, 0.15) is 0 Å². The third-order valence-electron chi connectivity index (χ3n) is 1.62. The first-order valence-corrected chi connectivity index (χ1v) is 6.09. The average molecular weight is 427 g/mol. The molecule has 0 radical (unpaired) electrons. The summed E-state index contributed by atoms with van der Waals surface area (Å²) in [6.07, 6.45) is -4.11. The Balaban J connectivity index is 3.33. The first-order chi connectivity index (χ1) is 7.76. The highest BCUT2D eigenvalue weighted by Gasteiger charge is 2.34. The van der Waals surface area contributed by atoms with Gasteiger partial charge in [0.2, 0.25) is 0 Å². The third-order valence-corrected chi connectivity index (χ3v) is 2.97. The normalized spacial score (nSPS) is 11.4. The maximum absolute atomic E-state index is 12.1. The molecular formula is C7H3BrF3IN2O3.